The van der Waals surface area contributed by atoms with Gasteiger partial charge in [-0.2, -0.15) is 0 Å². The number of carbonyl (C=O) groups is 2. The molecule has 0 aliphatic rings. The summed E-state index contributed by atoms with van der Waals surface area (Å²) < 4.78 is 24.6. The van der Waals surface area contributed by atoms with Gasteiger partial charge in [0, 0.05) is 11.3 Å². The Morgan fingerprint density at radius 1 is 1.35 bits per heavy atom. The molecule has 0 saturated carbocycles. The molecule has 8 heteroatoms. The summed E-state index contributed by atoms with van der Waals surface area (Å²) in [7, 11) is -3.98. The average molecular weight is 258 g/mol. The Bertz CT molecular complexity index is 552. The number of nitrogens with two attached hydrogens (primary N) is 1. The van der Waals surface area contributed by atoms with E-state index in [9.17, 15) is 18.0 Å². The van der Waals surface area contributed by atoms with Gasteiger partial charge >= 0.3 is 5.97 Å². The van der Waals surface area contributed by atoms with Gasteiger partial charge < -0.3 is 10.8 Å². The molecule has 1 rings (SSSR count). The lowest BCUT2D eigenvalue weighted by Crippen LogP contribution is -2.22. The van der Waals surface area contributed by atoms with Gasteiger partial charge in [0.1, 0.15) is 0 Å². The second-order valence-electron chi connectivity index (χ2n) is 3.20. The van der Waals surface area contributed by atoms with Crippen molar-refractivity contribution in [3.63, 3.8) is 0 Å². The highest BCUT2D eigenvalue weighted by atomic mass is 32.2. The minimum atomic E-state index is -3.98. The molecule has 0 radical (unpaired) electrons. The summed E-state index contributed by atoms with van der Waals surface area (Å²) in [6.45, 7) is 0. The van der Waals surface area contributed by atoms with Crippen LogP contribution < -0.4 is 10.5 Å². The maximum Gasteiger partial charge on any atom is 0.320 e. The van der Waals surface area contributed by atoms with Gasteiger partial charge in [-0.15, -0.1) is 0 Å². The highest BCUT2D eigenvalue weighted by Gasteiger charge is 2.15. The molecule has 0 saturated heterocycles. The van der Waals surface area contributed by atoms with E-state index in [-0.39, 0.29) is 11.3 Å². The van der Waals surface area contributed by atoms with E-state index >= 15 is 0 Å². The molecule has 17 heavy (non-hydrogen) atoms. The van der Waals surface area contributed by atoms with E-state index in [0.717, 1.165) is 0 Å². The van der Waals surface area contributed by atoms with Crippen molar-refractivity contribution in [1.82, 2.24) is 0 Å². The minimum Gasteiger partial charge on any atom is -0.480 e. The van der Waals surface area contributed by atoms with E-state index < -0.39 is 27.7 Å². The first kappa shape index (κ1) is 13.0. The van der Waals surface area contributed by atoms with Gasteiger partial charge in [-0.05, 0) is 18.2 Å². The van der Waals surface area contributed by atoms with Crippen LogP contribution in [-0.2, 0) is 14.8 Å². The summed E-state index contributed by atoms with van der Waals surface area (Å²) in [4.78, 5) is 21.1. The number of hydrogen-bond donors (Lipinski definition) is 3. The van der Waals surface area contributed by atoms with Crippen LogP contribution in [0.15, 0.2) is 24.3 Å². The number of hydrogen-bond acceptors (Lipinski definition) is 4. The van der Waals surface area contributed by atoms with Crippen molar-refractivity contribution in [3.05, 3.63) is 29.8 Å². The lowest BCUT2D eigenvalue weighted by Gasteiger charge is -2.06. The van der Waals surface area contributed by atoms with Crippen LogP contribution in [0.3, 0.4) is 0 Å². The molecule has 0 fully saturated rings. The Morgan fingerprint density at radius 2 is 2.00 bits per heavy atom. The molecule has 0 spiro atoms. The standard InChI is InChI=1S/C9H10N2O5S/c10-9(14)6-2-1-3-7(4-6)11-17(15,16)5-8(12)13/h1-4,11H,5H2,(H2,10,14)(H,12,13). The first-order valence-corrected chi connectivity index (χ1v) is 6.07. The third-order valence-electron chi connectivity index (χ3n) is 1.73. The van der Waals surface area contributed by atoms with Crippen LogP contribution in [0.25, 0.3) is 0 Å². The number of benzene rings is 1. The molecule has 4 N–H and O–H groups in total. The first-order valence-electron chi connectivity index (χ1n) is 4.42. The number of anilines is 1. The number of nitrogens with one attached hydrogen (secondary N) is 1. The van der Waals surface area contributed by atoms with Gasteiger partial charge in [0.25, 0.3) is 0 Å². The Hall–Kier alpha value is -2.09. The van der Waals surface area contributed by atoms with E-state index in [1.54, 1.807) is 0 Å². The predicted molar refractivity (Wildman–Crippen MR) is 60.0 cm³/mol. The van der Waals surface area contributed by atoms with Gasteiger partial charge in [-0.3, -0.25) is 14.3 Å². The third kappa shape index (κ3) is 4.11. The molecule has 0 heterocycles. The zero-order valence-corrected chi connectivity index (χ0v) is 9.40. The van der Waals surface area contributed by atoms with Crippen LogP contribution in [0.2, 0.25) is 0 Å². The second-order valence-corrected chi connectivity index (χ2v) is 4.92. The van der Waals surface area contributed by atoms with Crippen LogP contribution in [0, 0.1) is 0 Å². The molecule has 0 unspecified atom stereocenters. The van der Waals surface area contributed by atoms with Crippen molar-refractivity contribution >= 4 is 27.6 Å². The molecule has 0 atom stereocenters. The normalized spacial score (nSPS) is 10.8. The second kappa shape index (κ2) is 4.83. The summed E-state index contributed by atoms with van der Waals surface area (Å²) >= 11 is 0. The SMILES string of the molecule is NC(=O)c1cccc(NS(=O)(=O)CC(=O)O)c1. The lowest BCUT2D eigenvalue weighted by molar-refractivity contribution is -0.134. The molecular formula is C9H10N2O5S. The minimum absolute atomic E-state index is 0.0857. The molecule has 0 aliphatic heterocycles. The number of amides is 1. The van der Waals surface area contributed by atoms with Gasteiger partial charge in [0.15, 0.2) is 5.75 Å². The molecule has 0 bridgehead atoms. The lowest BCUT2D eigenvalue weighted by atomic mass is 10.2. The van der Waals surface area contributed by atoms with Gasteiger partial charge in [-0.25, -0.2) is 8.42 Å². The topological polar surface area (TPSA) is 127 Å². The summed E-state index contributed by atoms with van der Waals surface area (Å²) in [6.07, 6.45) is 0. The van der Waals surface area contributed by atoms with Crippen LogP contribution in [0.4, 0.5) is 5.69 Å². The summed E-state index contributed by atoms with van der Waals surface area (Å²) in [5, 5.41) is 8.38. The predicted octanol–water partition coefficient (Wildman–Crippen LogP) is -0.388. The fourth-order valence-electron chi connectivity index (χ4n) is 1.11. The quantitative estimate of drug-likeness (QED) is 0.663. The Kier molecular flexibility index (Phi) is 3.69. The Balaban J connectivity index is 2.92. The van der Waals surface area contributed by atoms with Crippen LogP contribution in [0.1, 0.15) is 10.4 Å². The van der Waals surface area contributed by atoms with Crippen LogP contribution in [0.5, 0.6) is 0 Å². The summed E-state index contributed by atoms with van der Waals surface area (Å²) in [5.74, 6) is -3.22. The van der Waals surface area contributed by atoms with Crippen molar-refractivity contribution in [1.29, 1.82) is 0 Å². The maximum atomic E-state index is 11.3. The van der Waals surface area contributed by atoms with Crippen molar-refractivity contribution in [2.75, 3.05) is 10.5 Å². The largest absolute Gasteiger partial charge is 0.480 e. The highest BCUT2D eigenvalue weighted by Crippen LogP contribution is 2.12. The fourth-order valence-corrected chi connectivity index (χ4v) is 2.00. The number of carboxylic acid groups (broad SMARTS) is 1. The molecule has 1 amide bonds. The van der Waals surface area contributed by atoms with Crippen molar-refractivity contribution in [2.45, 2.75) is 0 Å². The molecule has 0 aromatic heterocycles. The number of carbonyl (C=O) groups excluding carboxylic acids is 1. The van der Waals surface area contributed by atoms with E-state index in [1.165, 1.54) is 24.3 Å². The Labute approximate surface area is 97.3 Å². The number of aliphatic carboxylic acids is 1. The van der Waals surface area contributed by atoms with Gasteiger partial charge in [0.05, 0.1) is 0 Å². The maximum absolute atomic E-state index is 11.3. The number of rotatable bonds is 5. The third-order valence-corrected chi connectivity index (χ3v) is 2.91. The zero-order chi connectivity index (χ0) is 13.1. The first-order chi connectivity index (χ1) is 7.80. The number of sulfonamides is 1. The monoisotopic (exact) mass is 258 g/mol. The summed E-state index contributed by atoms with van der Waals surface area (Å²) in [5.41, 5.74) is 5.23. The van der Waals surface area contributed by atoms with Gasteiger partial charge in [-0.1, -0.05) is 6.07 Å². The molecular weight excluding hydrogens is 248 g/mol. The Morgan fingerprint density at radius 3 is 2.53 bits per heavy atom. The fraction of sp³-hybridized carbons (Fsp3) is 0.111. The van der Waals surface area contributed by atoms with Crippen molar-refractivity contribution in [2.24, 2.45) is 5.73 Å². The number of carboxylic acids is 1. The molecule has 0 aliphatic carbocycles. The highest BCUT2D eigenvalue weighted by molar-refractivity contribution is 7.93. The van der Waals surface area contributed by atoms with E-state index in [4.69, 9.17) is 10.8 Å². The summed E-state index contributed by atoms with van der Waals surface area (Å²) in [6, 6.07) is 5.45. The van der Waals surface area contributed by atoms with Crippen LogP contribution >= 0.6 is 0 Å². The van der Waals surface area contributed by atoms with E-state index in [2.05, 4.69) is 0 Å². The molecule has 1 aromatic rings. The van der Waals surface area contributed by atoms with E-state index in [0.29, 0.717) is 0 Å². The van der Waals surface area contributed by atoms with Gasteiger partial charge in [0.2, 0.25) is 15.9 Å². The number of primary amides is 1. The average Bonchev–Trinajstić information content (AvgIpc) is 2.14. The molecule has 1 aromatic carbocycles. The van der Waals surface area contributed by atoms with Crippen molar-refractivity contribution in [3.8, 4) is 0 Å². The zero-order valence-electron chi connectivity index (χ0n) is 8.58. The molecule has 92 valence electrons. The van der Waals surface area contributed by atoms with E-state index in [1.807, 2.05) is 4.72 Å². The van der Waals surface area contributed by atoms with Crippen molar-refractivity contribution < 1.29 is 23.1 Å². The molecule has 7 nitrogen and oxygen atoms in total. The smallest absolute Gasteiger partial charge is 0.320 e. The van der Waals surface area contributed by atoms with Crippen LogP contribution in [-0.4, -0.2) is 31.2 Å².